The molecular formula is C20H22N2O3. The third-order valence-corrected chi connectivity index (χ3v) is 4.43. The van der Waals surface area contributed by atoms with Crippen LogP contribution < -0.4 is 11.4 Å². The maximum absolute atomic E-state index is 12.6. The Bertz CT molecular complexity index is 990. The molecule has 5 nitrogen and oxygen atoms in total. The van der Waals surface area contributed by atoms with E-state index in [0.717, 1.165) is 22.1 Å². The summed E-state index contributed by atoms with van der Waals surface area (Å²) in [5.41, 5.74) is 10.3. The van der Waals surface area contributed by atoms with Crippen LogP contribution in [0.4, 0.5) is 5.69 Å². The average molecular weight is 338 g/mol. The van der Waals surface area contributed by atoms with Crippen LogP contribution in [0.25, 0.3) is 11.0 Å². The number of fused-ring (bicyclic) bond motifs is 1. The third-order valence-electron chi connectivity index (χ3n) is 4.43. The molecule has 5 heteroatoms. The summed E-state index contributed by atoms with van der Waals surface area (Å²) in [5.74, 6) is 0.0749. The van der Waals surface area contributed by atoms with Gasteiger partial charge in [0, 0.05) is 35.7 Å². The van der Waals surface area contributed by atoms with Gasteiger partial charge in [0.2, 0.25) is 0 Å². The Morgan fingerprint density at radius 2 is 1.92 bits per heavy atom. The number of nitrogen functional groups attached to an aromatic ring is 1. The highest BCUT2D eigenvalue weighted by atomic mass is 16.4. The van der Waals surface area contributed by atoms with Gasteiger partial charge in [-0.15, -0.1) is 0 Å². The van der Waals surface area contributed by atoms with Crippen molar-refractivity contribution in [2.24, 2.45) is 0 Å². The predicted molar refractivity (Wildman–Crippen MR) is 99.9 cm³/mol. The highest BCUT2D eigenvalue weighted by Gasteiger charge is 2.17. The number of nitrogens with two attached hydrogens (primary N) is 1. The molecule has 0 amide bonds. The van der Waals surface area contributed by atoms with Gasteiger partial charge in [-0.25, -0.2) is 4.79 Å². The van der Waals surface area contributed by atoms with E-state index in [4.69, 9.17) is 10.2 Å². The maximum Gasteiger partial charge on any atom is 0.340 e. The van der Waals surface area contributed by atoms with Gasteiger partial charge in [-0.05, 0) is 55.9 Å². The van der Waals surface area contributed by atoms with Crippen LogP contribution in [-0.2, 0) is 13.0 Å². The van der Waals surface area contributed by atoms with Gasteiger partial charge in [-0.1, -0.05) is 12.1 Å². The van der Waals surface area contributed by atoms with Crippen LogP contribution >= 0.6 is 0 Å². The Labute approximate surface area is 146 Å². The molecule has 0 unspecified atom stereocenters. The Morgan fingerprint density at radius 3 is 2.64 bits per heavy atom. The third kappa shape index (κ3) is 3.37. The first-order valence-corrected chi connectivity index (χ1v) is 8.13. The summed E-state index contributed by atoms with van der Waals surface area (Å²) < 4.78 is 5.47. The first-order valence-electron chi connectivity index (χ1n) is 8.13. The van der Waals surface area contributed by atoms with Crippen molar-refractivity contribution in [2.45, 2.75) is 19.9 Å². The minimum Gasteiger partial charge on any atom is -0.508 e. The molecule has 25 heavy (non-hydrogen) atoms. The highest BCUT2D eigenvalue weighted by molar-refractivity contribution is 5.82. The van der Waals surface area contributed by atoms with Gasteiger partial charge in [0.05, 0.1) is 0 Å². The number of aromatic hydroxyl groups is 1. The van der Waals surface area contributed by atoms with E-state index in [1.807, 2.05) is 44.1 Å². The van der Waals surface area contributed by atoms with Crippen LogP contribution in [0.1, 0.15) is 22.3 Å². The number of nitrogens with zero attached hydrogens (tertiary/aromatic N) is 1. The lowest BCUT2D eigenvalue weighted by atomic mass is 9.95. The molecule has 0 radical (unpaired) electrons. The highest BCUT2D eigenvalue weighted by Crippen LogP contribution is 2.27. The van der Waals surface area contributed by atoms with Crippen LogP contribution in [0.2, 0.25) is 0 Å². The second-order valence-electron chi connectivity index (χ2n) is 6.57. The molecule has 3 rings (SSSR count). The Hall–Kier alpha value is -2.79. The number of anilines is 1. The zero-order valence-corrected chi connectivity index (χ0v) is 14.7. The lowest BCUT2D eigenvalue weighted by Crippen LogP contribution is -2.19. The van der Waals surface area contributed by atoms with Gasteiger partial charge in [-0.3, -0.25) is 0 Å². The van der Waals surface area contributed by atoms with E-state index in [1.165, 1.54) is 6.07 Å². The van der Waals surface area contributed by atoms with Crippen molar-refractivity contribution in [3.8, 4) is 5.75 Å². The molecule has 2 aromatic carbocycles. The number of phenolic OH excluding ortho intramolecular Hbond substituents is 1. The second kappa shape index (κ2) is 6.61. The molecule has 3 N–H and O–H groups in total. The summed E-state index contributed by atoms with van der Waals surface area (Å²) in [6, 6.07) is 10.6. The van der Waals surface area contributed by atoms with Gasteiger partial charge in [0.15, 0.2) is 0 Å². The monoisotopic (exact) mass is 338 g/mol. The molecule has 0 aliphatic heterocycles. The Balaban J connectivity index is 2.22. The summed E-state index contributed by atoms with van der Waals surface area (Å²) >= 11 is 0. The van der Waals surface area contributed by atoms with Crippen LogP contribution in [0, 0.1) is 6.92 Å². The summed E-state index contributed by atoms with van der Waals surface area (Å²) in [7, 11) is 3.91. The van der Waals surface area contributed by atoms with Crippen molar-refractivity contribution < 1.29 is 9.52 Å². The van der Waals surface area contributed by atoms with Crippen molar-refractivity contribution in [2.75, 3.05) is 19.8 Å². The van der Waals surface area contributed by atoms with E-state index < -0.39 is 0 Å². The van der Waals surface area contributed by atoms with Gasteiger partial charge in [0.1, 0.15) is 11.3 Å². The molecule has 0 aliphatic carbocycles. The van der Waals surface area contributed by atoms with E-state index >= 15 is 0 Å². The maximum atomic E-state index is 12.6. The molecule has 1 aromatic heterocycles. The number of phenols is 1. The van der Waals surface area contributed by atoms with Crippen LogP contribution in [0.5, 0.6) is 5.75 Å². The normalized spacial score (nSPS) is 11.4. The molecule has 130 valence electrons. The quantitative estimate of drug-likeness (QED) is 0.564. The van der Waals surface area contributed by atoms with Crippen molar-refractivity contribution >= 4 is 16.7 Å². The fraction of sp³-hybridized carbons (Fsp3) is 0.250. The van der Waals surface area contributed by atoms with Crippen LogP contribution in [-0.4, -0.2) is 24.1 Å². The molecule has 1 heterocycles. The first-order chi connectivity index (χ1) is 11.9. The van der Waals surface area contributed by atoms with Crippen molar-refractivity contribution in [3.05, 3.63) is 69.1 Å². The van der Waals surface area contributed by atoms with Gasteiger partial charge >= 0.3 is 5.63 Å². The number of hydrogen-bond donors (Lipinski definition) is 2. The fourth-order valence-corrected chi connectivity index (χ4v) is 3.05. The topological polar surface area (TPSA) is 79.7 Å². The second-order valence-corrected chi connectivity index (χ2v) is 6.57. The smallest absolute Gasteiger partial charge is 0.340 e. The number of benzene rings is 2. The first kappa shape index (κ1) is 17.0. The van der Waals surface area contributed by atoms with E-state index in [2.05, 4.69) is 0 Å². The molecule has 3 aromatic rings. The number of hydrogen-bond acceptors (Lipinski definition) is 5. The van der Waals surface area contributed by atoms with Gasteiger partial charge < -0.3 is 20.2 Å². The van der Waals surface area contributed by atoms with Crippen molar-refractivity contribution in [1.29, 1.82) is 0 Å². The zero-order valence-electron chi connectivity index (χ0n) is 14.7. The van der Waals surface area contributed by atoms with Crippen LogP contribution in [0.15, 0.2) is 45.6 Å². The standard InChI is InChI=1S/C20H22N2O3/c1-12-13(5-4-6-18(12)21)9-16-17(11-22(2)3)15-8-7-14(23)10-19(15)25-20(16)24/h4-8,10,23H,9,11,21H2,1-3H3. The van der Waals surface area contributed by atoms with E-state index in [0.29, 0.717) is 29.8 Å². The molecular weight excluding hydrogens is 316 g/mol. The van der Waals surface area contributed by atoms with Gasteiger partial charge in [-0.2, -0.15) is 0 Å². The Morgan fingerprint density at radius 1 is 1.16 bits per heavy atom. The van der Waals surface area contributed by atoms with Crippen LogP contribution in [0.3, 0.4) is 0 Å². The molecule has 0 fully saturated rings. The molecule has 0 saturated heterocycles. The Kier molecular flexibility index (Phi) is 4.51. The fourth-order valence-electron chi connectivity index (χ4n) is 3.05. The largest absolute Gasteiger partial charge is 0.508 e. The van der Waals surface area contributed by atoms with E-state index in [-0.39, 0.29) is 11.4 Å². The average Bonchev–Trinajstić information content (AvgIpc) is 2.54. The molecule has 0 atom stereocenters. The van der Waals surface area contributed by atoms with E-state index in [9.17, 15) is 9.90 Å². The molecule has 0 spiro atoms. The minimum atomic E-state index is -0.378. The van der Waals surface area contributed by atoms with E-state index in [1.54, 1.807) is 12.1 Å². The van der Waals surface area contributed by atoms with Crippen molar-refractivity contribution in [1.82, 2.24) is 4.90 Å². The lowest BCUT2D eigenvalue weighted by Gasteiger charge is -2.17. The van der Waals surface area contributed by atoms with Crippen molar-refractivity contribution in [3.63, 3.8) is 0 Å². The lowest BCUT2D eigenvalue weighted by molar-refractivity contribution is 0.400. The summed E-state index contributed by atoms with van der Waals surface area (Å²) in [4.78, 5) is 14.7. The predicted octanol–water partition coefficient (Wildman–Crippen LogP) is 3.04. The minimum absolute atomic E-state index is 0.0749. The van der Waals surface area contributed by atoms with Gasteiger partial charge in [0.25, 0.3) is 0 Å². The molecule has 0 saturated carbocycles. The number of rotatable bonds is 4. The summed E-state index contributed by atoms with van der Waals surface area (Å²) in [6.07, 6.45) is 0.458. The molecule has 0 aliphatic rings. The molecule has 0 bridgehead atoms. The zero-order chi connectivity index (χ0) is 18.1. The SMILES string of the molecule is Cc1c(N)cccc1Cc1c(CN(C)C)c2ccc(O)cc2oc1=O. The summed E-state index contributed by atoms with van der Waals surface area (Å²) in [6.45, 7) is 2.56. The summed E-state index contributed by atoms with van der Waals surface area (Å²) in [5, 5.41) is 10.5.